The Morgan fingerprint density at radius 2 is 2.21 bits per heavy atom. The molecule has 0 heterocycles. The Hall–Kier alpha value is -0.240. The zero-order valence-corrected chi connectivity index (χ0v) is 9.81. The van der Waals surface area contributed by atoms with Crippen LogP contribution < -0.4 is 5.32 Å². The lowest BCUT2D eigenvalue weighted by Crippen LogP contribution is -2.27. The SMILES string of the molecule is CCNC(C#N)CCSC(C)CCO. The normalized spacial score (nSPS) is 14.7. The number of hydrogen-bond acceptors (Lipinski definition) is 4. The minimum atomic E-state index is -0.0196. The summed E-state index contributed by atoms with van der Waals surface area (Å²) in [7, 11) is 0. The molecule has 82 valence electrons. The molecule has 14 heavy (non-hydrogen) atoms. The summed E-state index contributed by atoms with van der Waals surface area (Å²) < 4.78 is 0. The molecular weight excluding hydrogens is 196 g/mol. The molecule has 0 aliphatic heterocycles. The summed E-state index contributed by atoms with van der Waals surface area (Å²) in [5.41, 5.74) is 0. The number of thioether (sulfide) groups is 1. The second-order valence-electron chi connectivity index (χ2n) is 3.22. The van der Waals surface area contributed by atoms with Crippen molar-refractivity contribution in [2.75, 3.05) is 18.9 Å². The Kier molecular flexibility index (Phi) is 9.16. The number of nitrogens with one attached hydrogen (secondary N) is 1. The van der Waals surface area contributed by atoms with Crippen molar-refractivity contribution in [1.29, 1.82) is 5.26 Å². The van der Waals surface area contributed by atoms with Gasteiger partial charge in [0.15, 0.2) is 0 Å². The highest BCUT2D eigenvalue weighted by atomic mass is 32.2. The number of rotatable bonds is 8. The molecule has 0 amide bonds. The monoisotopic (exact) mass is 216 g/mol. The molecule has 0 fully saturated rings. The third-order valence-corrected chi connectivity index (χ3v) is 3.23. The summed E-state index contributed by atoms with van der Waals surface area (Å²) in [5.74, 6) is 0.979. The summed E-state index contributed by atoms with van der Waals surface area (Å²) in [6, 6.07) is 2.22. The molecule has 0 aromatic heterocycles. The fourth-order valence-electron chi connectivity index (χ4n) is 1.11. The van der Waals surface area contributed by atoms with Crippen LogP contribution in [0.2, 0.25) is 0 Å². The van der Waals surface area contributed by atoms with Gasteiger partial charge in [-0.1, -0.05) is 13.8 Å². The largest absolute Gasteiger partial charge is 0.396 e. The van der Waals surface area contributed by atoms with Crippen LogP contribution in [0, 0.1) is 11.3 Å². The summed E-state index contributed by atoms with van der Waals surface area (Å²) in [5, 5.41) is 21.1. The number of aliphatic hydroxyl groups excluding tert-OH is 1. The highest BCUT2D eigenvalue weighted by molar-refractivity contribution is 7.99. The molecule has 0 aliphatic rings. The van der Waals surface area contributed by atoms with Gasteiger partial charge in [-0.2, -0.15) is 17.0 Å². The number of nitriles is 1. The van der Waals surface area contributed by atoms with Crippen LogP contribution in [0.3, 0.4) is 0 Å². The summed E-state index contributed by atoms with van der Waals surface area (Å²) in [6.45, 7) is 5.21. The minimum Gasteiger partial charge on any atom is -0.396 e. The van der Waals surface area contributed by atoms with E-state index in [1.807, 2.05) is 18.7 Å². The summed E-state index contributed by atoms with van der Waals surface area (Å²) >= 11 is 1.82. The maximum atomic E-state index is 8.76. The molecule has 0 bridgehead atoms. The first-order chi connectivity index (χ1) is 6.74. The number of hydrogen-bond donors (Lipinski definition) is 2. The van der Waals surface area contributed by atoms with E-state index in [-0.39, 0.29) is 12.6 Å². The molecule has 0 saturated heterocycles. The van der Waals surface area contributed by atoms with Gasteiger partial charge in [-0.05, 0) is 25.1 Å². The minimum absolute atomic E-state index is 0.0196. The van der Waals surface area contributed by atoms with Gasteiger partial charge >= 0.3 is 0 Å². The Morgan fingerprint density at radius 3 is 2.71 bits per heavy atom. The Morgan fingerprint density at radius 1 is 1.50 bits per heavy atom. The molecule has 0 radical (unpaired) electrons. The lowest BCUT2D eigenvalue weighted by atomic mass is 10.2. The Bertz CT molecular complexity index is 170. The molecule has 0 rings (SSSR count). The van der Waals surface area contributed by atoms with Crippen LogP contribution in [0.15, 0.2) is 0 Å². The fourth-order valence-corrected chi connectivity index (χ4v) is 2.16. The first kappa shape index (κ1) is 13.8. The fraction of sp³-hybridized carbons (Fsp3) is 0.900. The highest BCUT2D eigenvalue weighted by Gasteiger charge is 2.06. The molecule has 3 nitrogen and oxygen atoms in total. The standard InChI is InChI=1S/C10H20N2OS/c1-3-12-10(8-11)5-7-14-9(2)4-6-13/h9-10,12-13H,3-7H2,1-2H3. The van der Waals surface area contributed by atoms with E-state index in [2.05, 4.69) is 18.3 Å². The second kappa shape index (κ2) is 9.32. The van der Waals surface area contributed by atoms with E-state index in [1.54, 1.807) is 0 Å². The van der Waals surface area contributed by atoms with Gasteiger partial charge in [-0.3, -0.25) is 0 Å². The van der Waals surface area contributed by atoms with Crippen molar-refractivity contribution >= 4 is 11.8 Å². The van der Waals surface area contributed by atoms with E-state index in [9.17, 15) is 0 Å². The van der Waals surface area contributed by atoms with Crippen molar-refractivity contribution in [1.82, 2.24) is 5.32 Å². The molecular formula is C10H20N2OS. The average molecular weight is 216 g/mol. The third kappa shape index (κ3) is 7.19. The van der Waals surface area contributed by atoms with E-state index in [4.69, 9.17) is 10.4 Å². The lowest BCUT2D eigenvalue weighted by Gasteiger charge is -2.12. The second-order valence-corrected chi connectivity index (χ2v) is 4.77. The van der Waals surface area contributed by atoms with E-state index in [1.165, 1.54) is 0 Å². The van der Waals surface area contributed by atoms with Gasteiger partial charge in [0.05, 0.1) is 12.1 Å². The molecule has 0 saturated carbocycles. The molecule has 2 atom stereocenters. The number of nitrogens with zero attached hydrogens (tertiary/aromatic N) is 1. The highest BCUT2D eigenvalue weighted by Crippen LogP contribution is 2.15. The van der Waals surface area contributed by atoms with E-state index in [0.717, 1.165) is 25.1 Å². The maximum Gasteiger partial charge on any atom is 0.0960 e. The smallest absolute Gasteiger partial charge is 0.0960 e. The van der Waals surface area contributed by atoms with Crippen molar-refractivity contribution < 1.29 is 5.11 Å². The number of aliphatic hydroxyl groups is 1. The van der Waals surface area contributed by atoms with Crippen LogP contribution >= 0.6 is 11.8 Å². The van der Waals surface area contributed by atoms with Crippen molar-refractivity contribution in [2.24, 2.45) is 0 Å². The maximum absolute atomic E-state index is 8.76. The predicted octanol–water partition coefficient (Wildman–Crippen LogP) is 1.38. The molecule has 0 aromatic rings. The quantitative estimate of drug-likeness (QED) is 0.643. The van der Waals surface area contributed by atoms with Gasteiger partial charge in [0, 0.05) is 11.9 Å². The zero-order chi connectivity index (χ0) is 10.8. The average Bonchev–Trinajstić information content (AvgIpc) is 2.17. The molecule has 2 unspecified atom stereocenters. The molecule has 4 heteroatoms. The van der Waals surface area contributed by atoms with Crippen LogP contribution in [0.4, 0.5) is 0 Å². The van der Waals surface area contributed by atoms with Gasteiger partial charge in [-0.15, -0.1) is 0 Å². The lowest BCUT2D eigenvalue weighted by molar-refractivity contribution is 0.289. The van der Waals surface area contributed by atoms with Crippen LogP contribution in [-0.2, 0) is 0 Å². The third-order valence-electron chi connectivity index (χ3n) is 1.95. The molecule has 0 aliphatic carbocycles. The van der Waals surface area contributed by atoms with Crippen LogP contribution in [0.25, 0.3) is 0 Å². The van der Waals surface area contributed by atoms with E-state index < -0.39 is 0 Å². The summed E-state index contributed by atoms with van der Waals surface area (Å²) in [6.07, 6.45) is 1.72. The first-order valence-electron chi connectivity index (χ1n) is 5.10. The van der Waals surface area contributed by atoms with Crippen LogP contribution in [-0.4, -0.2) is 35.3 Å². The molecule has 2 N–H and O–H groups in total. The van der Waals surface area contributed by atoms with Crippen molar-refractivity contribution in [3.8, 4) is 6.07 Å². The van der Waals surface area contributed by atoms with E-state index in [0.29, 0.717) is 5.25 Å². The van der Waals surface area contributed by atoms with Crippen LogP contribution in [0.5, 0.6) is 0 Å². The van der Waals surface area contributed by atoms with Crippen molar-refractivity contribution in [3.63, 3.8) is 0 Å². The zero-order valence-electron chi connectivity index (χ0n) is 8.99. The van der Waals surface area contributed by atoms with Crippen LogP contribution in [0.1, 0.15) is 26.7 Å². The van der Waals surface area contributed by atoms with E-state index >= 15 is 0 Å². The van der Waals surface area contributed by atoms with Gasteiger partial charge in [0.2, 0.25) is 0 Å². The van der Waals surface area contributed by atoms with Gasteiger partial charge in [0.1, 0.15) is 0 Å². The first-order valence-corrected chi connectivity index (χ1v) is 6.14. The Balaban J connectivity index is 3.46. The van der Waals surface area contributed by atoms with Crippen molar-refractivity contribution in [2.45, 2.75) is 38.0 Å². The summed E-state index contributed by atoms with van der Waals surface area (Å²) in [4.78, 5) is 0. The topological polar surface area (TPSA) is 56.0 Å². The van der Waals surface area contributed by atoms with Gasteiger partial charge < -0.3 is 10.4 Å². The van der Waals surface area contributed by atoms with Crippen molar-refractivity contribution in [3.05, 3.63) is 0 Å². The molecule has 0 aromatic carbocycles. The predicted molar refractivity (Wildman–Crippen MR) is 61.3 cm³/mol. The van der Waals surface area contributed by atoms with Gasteiger partial charge in [0.25, 0.3) is 0 Å². The van der Waals surface area contributed by atoms with Gasteiger partial charge in [-0.25, -0.2) is 0 Å². The Labute approximate surface area is 90.9 Å². The molecule has 0 spiro atoms.